The van der Waals surface area contributed by atoms with E-state index in [1.54, 1.807) is 16.7 Å². The molecule has 0 aliphatic carbocycles. The first-order valence-electron chi connectivity index (χ1n) is 30.2. The molecule has 10 aromatic rings. The van der Waals surface area contributed by atoms with Crippen molar-refractivity contribution in [2.24, 2.45) is 7.05 Å². The molecule has 0 amide bonds. The normalized spacial score (nSPS) is 11.7. The van der Waals surface area contributed by atoms with E-state index in [9.17, 15) is 0 Å². The fraction of sp³-hybridized carbons (Fsp3) is 0.400. The highest BCUT2D eigenvalue weighted by molar-refractivity contribution is 7.31. The van der Waals surface area contributed by atoms with Crippen molar-refractivity contribution in [2.45, 2.75) is 175 Å². The molecular weight excluding hydrogens is 1130 g/mol. The number of unbranched alkanes of at least 4 members (excludes halogenated alkanes) is 12. The predicted octanol–water partition coefficient (Wildman–Crippen LogP) is 23.8. The molecule has 10 heteroatoms. The van der Waals surface area contributed by atoms with Crippen molar-refractivity contribution in [3.05, 3.63) is 154 Å². The van der Waals surface area contributed by atoms with Crippen LogP contribution in [0.25, 0.3) is 79.4 Å². The maximum absolute atomic E-state index is 2.59. The van der Waals surface area contributed by atoms with Crippen molar-refractivity contribution < 1.29 is 9.13 Å². The van der Waals surface area contributed by atoms with Crippen molar-refractivity contribution in [2.75, 3.05) is 0 Å². The number of thiophene rings is 8. The molecule has 0 saturated heterocycles. The molecule has 10 aromatic heterocycles. The van der Waals surface area contributed by atoms with Crippen molar-refractivity contribution in [3.8, 4) is 79.4 Å². The summed E-state index contributed by atoms with van der Waals surface area (Å²) in [4.78, 5) is 21.7. The van der Waals surface area contributed by atoms with Crippen LogP contribution in [0.3, 0.4) is 0 Å². The quantitative estimate of drug-likeness (QED) is 0.0293. The fourth-order valence-electron chi connectivity index (χ4n) is 10.9. The monoisotopic (exact) mass is 1210 g/mol. The summed E-state index contributed by atoms with van der Waals surface area (Å²) in [5, 5.41) is 2.30. The van der Waals surface area contributed by atoms with Crippen molar-refractivity contribution in [3.63, 3.8) is 0 Å². The minimum absolute atomic E-state index is 1.03. The number of hydrogen-bond donors (Lipinski definition) is 0. The average molecular weight is 1210 g/mol. The van der Waals surface area contributed by atoms with E-state index in [0.717, 1.165) is 32.2 Å². The molecule has 80 heavy (non-hydrogen) atoms. The van der Waals surface area contributed by atoms with Gasteiger partial charge in [-0.3, -0.25) is 0 Å². The maximum atomic E-state index is 2.59. The van der Waals surface area contributed by atoms with Gasteiger partial charge in [-0.15, -0.1) is 90.7 Å². The molecule has 0 aliphatic heterocycles. The first-order chi connectivity index (χ1) is 39.4. The van der Waals surface area contributed by atoms with Gasteiger partial charge < -0.3 is 0 Å². The number of nitrogens with zero attached hydrogens (tertiary/aromatic N) is 2. The Morgan fingerprint density at radius 1 is 0.312 bits per heavy atom. The Morgan fingerprint density at radius 2 is 0.700 bits per heavy atom. The Labute approximate surface area is 511 Å². The predicted molar refractivity (Wildman–Crippen MR) is 360 cm³/mol. The van der Waals surface area contributed by atoms with E-state index in [1.807, 2.05) is 68.0 Å². The van der Waals surface area contributed by atoms with E-state index in [0.29, 0.717) is 0 Å². The van der Waals surface area contributed by atoms with Crippen molar-refractivity contribution >= 4 is 90.7 Å². The van der Waals surface area contributed by atoms with Gasteiger partial charge in [0.25, 0.3) is 0 Å². The highest BCUT2D eigenvalue weighted by Crippen LogP contribution is 2.51. The fourth-order valence-corrected chi connectivity index (χ4v) is 20.4. The second-order valence-corrected chi connectivity index (χ2v) is 30.3. The number of aromatic nitrogens is 2. The molecule has 0 saturated carbocycles. The van der Waals surface area contributed by atoms with Crippen LogP contribution in [0.4, 0.5) is 0 Å². The Bertz CT molecular complexity index is 3450. The van der Waals surface area contributed by atoms with Crippen LogP contribution in [0.1, 0.15) is 164 Å². The van der Waals surface area contributed by atoms with E-state index in [1.165, 1.54) is 205 Å². The van der Waals surface area contributed by atoms with Gasteiger partial charge in [0.1, 0.15) is 13.6 Å². The number of aryl methyl sites for hydroxylation is 7. The molecular formula is C70H82N2S8+2. The molecule has 0 fully saturated rings. The van der Waals surface area contributed by atoms with Gasteiger partial charge in [0.2, 0.25) is 0 Å². The summed E-state index contributed by atoms with van der Waals surface area (Å²) in [5.74, 6) is 0. The lowest BCUT2D eigenvalue weighted by Crippen LogP contribution is -2.32. The van der Waals surface area contributed by atoms with E-state index in [-0.39, 0.29) is 0 Å². The van der Waals surface area contributed by atoms with Crippen LogP contribution in [-0.4, -0.2) is 0 Å². The zero-order chi connectivity index (χ0) is 55.0. The smallest absolute Gasteiger partial charge is 0.169 e. The topological polar surface area (TPSA) is 7.76 Å². The standard InChI is InChI=1S/C70H82N2S8/c1-6-10-14-18-23-52-40-46-73-67(52)61-32-28-57(75-61)58-30-34-63(77-58)69-54(25-20-16-12-8-3)48-65(79-69)66-49-55(26-21-17-13-9-4)70(80-66)64-35-31-60(78-64)59-29-33-62(76-59)68-53(24-19-15-11-7-2)47-56(74-68)27-22-41-72-44-38-51(39-45-72)50-36-42-71(5)43-37-50/h28-40,42-49H,6-27,41H2,1-5H3/q+2. The number of pyridine rings is 2. The molecule has 2 nitrogen and oxygen atoms in total. The first-order valence-corrected chi connectivity index (χ1v) is 36.8. The molecule has 0 unspecified atom stereocenters. The third-order valence-electron chi connectivity index (χ3n) is 15.5. The molecule has 10 heterocycles. The Kier molecular flexibility index (Phi) is 22.1. The lowest BCUT2D eigenvalue weighted by Gasteiger charge is -2.02. The van der Waals surface area contributed by atoms with E-state index in [4.69, 9.17) is 0 Å². The first kappa shape index (κ1) is 59.1. The van der Waals surface area contributed by atoms with Crippen LogP contribution in [0, 0.1) is 0 Å². The third kappa shape index (κ3) is 15.4. The summed E-state index contributed by atoms with van der Waals surface area (Å²) < 4.78 is 4.44. The van der Waals surface area contributed by atoms with Gasteiger partial charge in [-0.25, -0.2) is 9.13 Å². The van der Waals surface area contributed by atoms with Crippen molar-refractivity contribution in [1.29, 1.82) is 0 Å². The molecule has 0 bridgehead atoms. The molecule has 0 atom stereocenters. The highest BCUT2D eigenvalue weighted by atomic mass is 32.1. The molecule has 0 radical (unpaired) electrons. The van der Waals surface area contributed by atoms with Gasteiger partial charge >= 0.3 is 0 Å². The Hall–Kier alpha value is -4.10. The largest absolute Gasteiger partial charge is 0.208 e. The van der Waals surface area contributed by atoms with Crippen LogP contribution in [0.15, 0.2) is 127 Å². The van der Waals surface area contributed by atoms with Gasteiger partial charge in [0.05, 0.1) is 0 Å². The summed E-state index contributed by atoms with van der Waals surface area (Å²) >= 11 is 16.1. The summed E-state index contributed by atoms with van der Waals surface area (Å²) in [7, 11) is 2.07. The second-order valence-electron chi connectivity index (χ2n) is 21.9. The minimum Gasteiger partial charge on any atom is -0.208 e. The van der Waals surface area contributed by atoms with Gasteiger partial charge in [0, 0.05) is 104 Å². The van der Waals surface area contributed by atoms with E-state index >= 15 is 0 Å². The molecule has 10 rings (SSSR count). The number of rotatable bonds is 32. The zero-order valence-electron chi connectivity index (χ0n) is 48.0. The van der Waals surface area contributed by atoms with Crippen molar-refractivity contribution in [1.82, 2.24) is 0 Å². The second kappa shape index (κ2) is 29.9. The van der Waals surface area contributed by atoms with Gasteiger partial charge in [-0.1, -0.05) is 105 Å². The summed E-state index contributed by atoms with van der Waals surface area (Å²) in [6.07, 6.45) is 36.3. The van der Waals surface area contributed by atoms with Crippen LogP contribution < -0.4 is 9.13 Å². The SMILES string of the molecule is CCCCCCc1ccsc1-c1ccc(-c2ccc(-c3sc(-c4cc(CCCCCC)c(-c5ccc(-c6ccc(-c7sc(CCC[n+]8ccc(-c9cc[n+](C)cc9)cc8)cc7CCCCCC)s6)s5)s4)cc3CCCCCC)s2)s1. The van der Waals surface area contributed by atoms with Crippen LogP contribution in [0.2, 0.25) is 0 Å². The molecule has 0 aliphatic rings. The van der Waals surface area contributed by atoms with Gasteiger partial charge in [-0.2, -0.15) is 0 Å². The summed E-state index contributed by atoms with van der Waals surface area (Å²) in [6, 6.07) is 38.3. The van der Waals surface area contributed by atoms with Crippen LogP contribution >= 0.6 is 90.7 Å². The lowest BCUT2D eigenvalue weighted by molar-refractivity contribution is -0.697. The van der Waals surface area contributed by atoms with E-state index in [2.05, 4.69) is 194 Å². The molecule has 418 valence electrons. The maximum Gasteiger partial charge on any atom is 0.169 e. The zero-order valence-corrected chi connectivity index (χ0v) is 54.6. The highest BCUT2D eigenvalue weighted by Gasteiger charge is 2.22. The molecule has 0 spiro atoms. The summed E-state index contributed by atoms with van der Waals surface area (Å²) in [5.41, 5.74) is 8.70. The number of hydrogen-bond acceptors (Lipinski definition) is 8. The van der Waals surface area contributed by atoms with Gasteiger partial charge in [-0.05, 0) is 169 Å². The molecule has 0 aromatic carbocycles. The van der Waals surface area contributed by atoms with Crippen LogP contribution in [0.5, 0.6) is 0 Å². The average Bonchev–Trinajstić information content (AvgIpc) is 4.35. The van der Waals surface area contributed by atoms with Gasteiger partial charge in [0.15, 0.2) is 24.8 Å². The van der Waals surface area contributed by atoms with Crippen LogP contribution in [-0.2, 0) is 45.7 Å². The Balaban J connectivity index is 0.873. The lowest BCUT2D eigenvalue weighted by atomic mass is 10.0. The third-order valence-corrected chi connectivity index (χ3v) is 25.7. The van der Waals surface area contributed by atoms with E-state index < -0.39 is 0 Å². The minimum atomic E-state index is 1.03. The molecule has 0 N–H and O–H groups in total. The Morgan fingerprint density at radius 3 is 1.15 bits per heavy atom. The summed E-state index contributed by atoms with van der Waals surface area (Å²) in [6.45, 7) is 10.3.